The van der Waals surface area contributed by atoms with Crippen molar-refractivity contribution in [2.75, 3.05) is 12.4 Å². The van der Waals surface area contributed by atoms with Gasteiger partial charge in [-0.1, -0.05) is 30.3 Å². The van der Waals surface area contributed by atoms with Crippen molar-refractivity contribution in [1.82, 2.24) is 0 Å². The van der Waals surface area contributed by atoms with Gasteiger partial charge in [0, 0.05) is 19.2 Å². The summed E-state index contributed by atoms with van der Waals surface area (Å²) in [6.45, 7) is 0. The number of phenolic OH excluding ortho intramolecular Hbond substituents is 1. The zero-order valence-corrected chi connectivity index (χ0v) is 11.7. The number of non-ortho nitro benzene ring substituents is 1. The number of anilines is 1. The Morgan fingerprint density at radius 3 is 2.55 bits per heavy atom. The number of nitrogens with zero attached hydrogens (tertiary/aromatic N) is 1. The lowest BCUT2D eigenvalue weighted by molar-refractivity contribution is -0.384. The van der Waals surface area contributed by atoms with Crippen LogP contribution in [0.3, 0.4) is 0 Å². The number of methoxy groups -OCH3 is 1. The third-order valence-electron chi connectivity index (χ3n) is 3.02. The largest absolute Gasteiger partial charge is 0.506 e. The number of carbonyl (C=O) groups excluding carboxylic acids is 1. The average Bonchev–Trinajstić information content (AvgIpc) is 2.51. The van der Waals surface area contributed by atoms with Crippen molar-refractivity contribution in [2.24, 2.45) is 0 Å². The van der Waals surface area contributed by atoms with Crippen LogP contribution in [0.1, 0.15) is 11.7 Å². The molecule has 7 nitrogen and oxygen atoms in total. The van der Waals surface area contributed by atoms with Crippen molar-refractivity contribution in [3.63, 3.8) is 0 Å². The van der Waals surface area contributed by atoms with Crippen LogP contribution in [0.25, 0.3) is 0 Å². The molecule has 0 aliphatic carbocycles. The van der Waals surface area contributed by atoms with E-state index in [4.69, 9.17) is 4.74 Å². The first kappa shape index (κ1) is 15.5. The minimum Gasteiger partial charge on any atom is -0.506 e. The molecule has 0 spiro atoms. The molecule has 0 saturated heterocycles. The molecule has 0 fully saturated rings. The van der Waals surface area contributed by atoms with Gasteiger partial charge in [0.15, 0.2) is 6.10 Å². The van der Waals surface area contributed by atoms with Crippen LogP contribution >= 0.6 is 0 Å². The molecule has 0 aromatic heterocycles. The van der Waals surface area contributed by atoms with E-state index in [9.17, 15) is 20.0 Å². The molecule has 1 atom stereocenters. The van der Waals surface area contributed by atoms with Crippen LogP contribution in [0, 0.1) is 10.1 Å². The molecule has 2 N–H and O–H groups in total. The third kappa shape index (κ3) is 3.39. The SMILES string of the molecule is CO[C@H](C(=O)Nc1cc([N+](=O)[O-])ccc1O)c1ccccc1. The molecule has 2 aromatic carbocycles. The highest BCUT2D eigenvalue weighted by Crippen LogP contribution is 2.29. The van der Waals surface area contributed by atoms with E-state index in [0.29, 0.717) is 5.56 Å². The molecule has 114 valence electrons. The quantitative estimate of drug-likeness (QED) is 0.502. The molecule has 0 heterocycles. The molecule has 1 amide bonds. The summed E-state index contributed by atoms with van der Waals surface area (Å²) in [6, 6.07) is 12.2. The maximum absolute atomic E-state index is 12.3. The highest BCUT2D eigenvalue weighted by molar-refractivity contribution is 5.96. The molecule has 0 bridgehead atoms. The molecule has 0 aliphatic rings. The van der Waals surface area contributed by atoms with Crippen LogP contribution in [0.4, 0.5) is 11.4 Å². The van der Waals surface area contributed by atoms with E-state index in [1.54, 1.807) is 30.3 Å². The maximum Gasteiger partial charge on any atom is 0.271 e. The van der Waals surface area contributed by atoms with Gasteiger partial charge in [0.25, 0.3) is 11.6 Å². The predicted molar refractivity (Wildman–Crippen MR) is 79.6 cm³/mol. The molecular weight excluding hydrogens is 288 g/mol. The summed E-state index contributed by atoms with van der Waals surface area (Å²) in [6.07, 6.45) is -0.889. The summed E-state index contributed by atoms with van der Waals surface area (Å²) in [4.78, 5) is 22.4. The number of aromatic hydroxyl groups is 1. The summed E-state index contributed by atoms with van der Waals surface area (Å²) in [5, 5.41) is 22.9. The number of ether oxygens (including phenoxy) is 1. The minimum atomic E-state index is -0.889. The van der Waals surface area contributed by atoms with Crippen molar-refractivity contribution in [3.05, 3.63) is 64.2 Å². The predicted octanol–water partition coefficient (Wildman–Crippen LogP) is 2.63. The van der Waals surface area contributed by atoms with Gasteiger partial charge >= 0.3 is 0 Å². The Morgan fingerprint density at radius 1 is 1.27 bits per heavy atom. The highest BCUT2D eigenvalue weighted by atomic mass is 16.6. The van der Waals surface area contributed by atoms with E-state index in [-0.39, 0.29) is 17.1 Å². The van der Waals surface area contributed by atoms with Crippen molar-refractivity contribution < 1.29 is 19.6 Å². The molecule has 0 saturated carbocycles. The van der Waals surface area contributed by atoms with E-state index < -0.39 is 16.9 Å². The second-order valence-corrected chi connectivity index (χ2v) is 4.47. The van der Waals surface area contributed by atoms with Gasteiger partial charge in [0.1, 0.15) is 5.75 Å². The zero-order chi connectivity index (χ0) is 16.1. The average molecular weight is 302 g/mol. The Balaban J connectivity index is 2.24. The number of rotatable bonds is 5. The Labute approximate surface area is 126 Å². The molecule has 22 heavy (non-hydrogen) atoms. The van der Waals surface area contributed by atoms with Gasteiger partial charge in [-0.15, -0.1) is 0 Å². The second-order valence-electron chi connectivity index (χ2n) is 4.47. The van der Waals surface area contributed by atoms with Gasteiger partial charge < -0.3 is 15.2 Å². The Hall–Kier alpha value is -2.93. The molecule has 0 aliphatic heterocycles. The normalized spacial score (nSPS) is 11.7. The van der Waals surface area contributed by atoms with Crippen molar-refractivity contribution >= 4 is 17.3 Å². The number of nitro benzene ring substituents is 1. The number of hydrogen-bond acceptors (Lipinski definition) is 5. The third-order valence-corrected chi connectivity index (χ3v) is 3.02. The van der Waals surface area contributed by atoms with Crippen LogP contribution in [0.2, 0.25) is 0 Å². The number of hydrogen-bond donors (Lipinski definition) is 2. The van der Waals surface area contributed by atoms with Gasteiger partial charge in [0.2, 0.25) is 0 Å². The maximum atomic E-state index is 12.3. The summed E-state index contributed by atoms with van der Waals surface area (Å²) >= 11 is 0. The van der Waals surface area contributed by atoms with Crippen LogP contribution < -0.4 is 5.32 Å². The number of nitrogens with one attached hydrogen (secondary N) is 1. The number of phenols is 1. The lowest BCUT2D eigenvalue weighted by Gasteiger charge is -2.16. The zero-order valence-electron chi connectivity index (χ0n) is 11.7. The first-order valence-corrected chi connectivity index (χ1v) is 6.39. The fourth-order valence-electron chi connectivity index (χ4n) is 1.96. The standard InChI is InChI=1S/C15H14N2O5/c1-22-14(10-5-3-2-4-6-10)15(19)16-12-9-11(17(20)21)7-8-13(12)18/h2-9,14,18H,1H3,(H,16,19)/t14-/m0/s1. The van der Waals surface area contributed by atoms with E-state index >= 15 is 0 Å². The van der Waals surface area contributed by atoms with Gasteiger partial charge in [0.05, 0.1) is 10.6 Å². The van der Waals surface area contributed by atoms with Crippen LogP contribution in [0.15, 0.2) is 48.5 Å². The topological polar surface area (TPSA) is 102 Å². The Kier molecular flexibility index (Phi) is 4.70. The summed E-state index contributed by atoms with van der Waals surface area (Å²) in [7, 11) is 1.38. The Morgan fingerprint density at radius 2 is 1.95 bits per heavy atom. The summed E-state index contributed by atoms with van der Waals surface area (Å²) in [5.41, 5.74) is 0.353. The summed E-state index contributed by atoms with van der Waals surface area (Å²) < 4.78 is 5.16. The van der Waals surface area contributed by atoms with Crippen LogP contribution in [-0.4, -0.2) is 23.0 Å². The van der Waals surface area contributed by atoms with E-state index in [1.165, 1.54) is 7.11 Å². The van der Waals surface area contributed by atoms with Crippen molar-refractivity contribution in [1.29, 1.82) is 0 Å². The molecule has 0 unspecified atom stereocenters. The van der Waals surface area contributed by atoms with Crippen LogP contribution in [0.5, 0.6) is 5.75 Å². The molecular formula is C15H14N2O5. The molecule has 7 heteroatoms. The lowest BCUT2D eigenvalue weighted by atomic mass is 10.1. The van der Waals surface area contributed by atoms with E-state index in [1.807, 2.05) is 0 Å². The molecule has 2 aromatic rings. The van der Waals surface area contributed by atoms with Gasteiger partial charge in [-0.3, -0.25) is 14.9 Å². The smallest absolute Gasteiger partial charge is 0.271 e. The lowest BCUT2D eigenvalue weighted by Crippen LogP contribution is -2.22. The number of carbonyl (C=O) groups is 1. The van der Waals surface area contributed by atoms with Gasteiger partial charge in [-0.05, 0) is 11.6 Å². The van der Waals surface area contributed by atoms with E-state index in [2.05, 4.69) is 5.32 Å². The van der Waals surface area contributed by atoms with Gasteiger partial charge in [-0.2, -0.15) is 0 Å². The minimum absolute atomic E-state index is 0.0443. The van der Waals surface area contributed by atoms with Crippen molar-refractivity contribution in [3.8, 4) is 5.75 Å². The van der Waals surface area contributed by atoms with Gasteiger partial charge in [-0.25, -0.2) is 0 Å². The van der Waals surface area contributed by atoms with Crippen molar-refractivity contribution in [2.45, 2.75) is 6.10 Å². The monoisotopic (exact) mass is 302 g/mol. The fourth-order valence-corrected chi connectivity index (χ4v) is 1.96. The fraction of sp³-hybridized carbons (Fsp3) is 0.133. The Bertz CT molecular complexity index is 688. The van der Waals surface area contributed by atoms with Crippen LogP contribution in [-0.2, 0) is 9.53 Å². The number of benzene rings is 2. The first-order chi connectivity index (χ1) is 10.5. The molecule has 2 rings (SSSR count). The second kappa shape index (κ2) is 6.68. The highest BCUT2D eigenvalue weighted by Gasteiger charge is 2.21. The van der Waals surface area contributed by atoms with E-state index in [0.717, 1.165) is 18.2 Å². The summed E-state index contributed by atoms with van der Waals surface area (Å²) in [5.74, 6) is -0.800. The first-order valence-electron chi connectivity index (χ1n) is 6.39. The number of nitro groups is 1. The number of amides is 1. The molecule has 0 radical (unpaired) electrons.